The summed E-state index contributed by atoms with van der Waals surface area (Å²) < 4.78 is 0. The van der Waals surface area contributed by atoms with E-state index in [-0.39, 0.29) is 5.70 Å². The van der Waals surface area contributed by atoms with E-state index in [9.17, 15) is 10.1 Å². The average Bonchev–Trinajstić information content (AvgIpc) is 1.82. The van der Waals surface area contributed by atoms with E-state index in [4.69, 9.17) is 0 Å². The minimum Gasteiger partial charge on any atom is -0.258 e. The molecule has 0 saturated heterocycles. The van der Waals surface area contributed by atoms with E-state index in [1.165, 1.54) is 18.2 Å². The van der Waals surface area contributed by atoms with Gasteiger partial charge in [0.15, 0.2) is 0 Å². The predicted molar refractivity (Wildman–Crippen MR) is 35.5 cm³/mol. The number of allylic oxidation sites excluding steroid dienone is 3. The fraction of sp³-hybridized carbons (Fsp3) is 0. The standard InChI is InChI=1S/C6H7NO2/c1-3-5-6(4-2)7(8)9/h3-5H,1-2H2/b6-5+. The van der Waals surface area contributed by atoms with E-state index in [0.717, 1.165) is 0 Å². The first-order valence-electron chi connectivity index (χ1n) is 2.32. The smallest absolute Gasteiger partial charge is 0.258 e. The van der Waals surface area contributed by atoms with E-state index >= 15 is 0 Å². The fourth-order valence-corrected chi connectivity index (χ4v) is 0.324. The Labute approximate surface area is 53.1 Å². The zero-order valence-electron chi connectivity index (χ0n) is 4.91. The predicted octanol–water partition coefficient (Wildman–Crippen LogP) is 1.52. The normalized spacial score (nSPS) is 10.4. The molecular weight excluding hydrogens is 118 g/mol. The summed E-state index contributed by atoms with van der Waals surface area (Å²) in [6, 6.07) is 0. The Kier molecular flexibility index (Phi) is 3.05. The van der Waals surface area contributed by atoms with Crippen molar-refractivity contribution >= 4 is 0 Å². The number of rotatable bonds is 3. The summed E-state index contributed by atoms with van der Waals surface area (Å²) in [5, 5.41) is 9.94. The molecule has 0 aromatic rings. The Morgan fingerprint density at radius 2 is 2.11 bits per heavy atom. The highest BCUT2D eigenvalue weighted by atomic mass is 16.6. The molecule has 3 heteroatoms. The van der Waals surface area contributed by atoms with Gasteiger partial charge in [0, 0.05) is 12.2 Å². The molecule has 0 atom stereocenters. The zero-order valence-corrected chi connectivity index (χ0v) is 4.91. The first-order chi connectivity index (χ1) is 4.22. The molecule has 0 heterocycles. The first kappa shape index (κ1) is 7.62. The zero-order chi connectivity index (χ0) is 7.28. The van der Waals surface area contributed by atoms with E-state index in [0.29, 0.717) is 0 Å². The summed E-state index contributed by atoms with van der Waals surface area (Å²) in [5.41, 5.74) is -0.0370. The lowest BCUT2D eigenvalue weighted by atomic mass is 10.4. The van der Waals surface area contributed by atoms with Gasteiger partial charge in [-0.25, -0.2) is 0 Å². The van der Waals surface area contributed by atoms with Crippen LogP contribution in [0, 0.1) is 10.1 Å². The van der Waals surface area contributed by atoms with Crippen LogP contribution in [0.25, 0.3) is 0 Å². The summed E-state index contributed by atoms with van der Waals surface area (Å²) in [5.74, 6) is 0. The van der Waals surface area contributed by atoms with Crippen LogP contribution < -0.4 is 0 Å². The summed E-state index contributed by atoms with van der Waals surface area (Å²) in [6.45, 7) is 6.55. The van der Waals surface area contributed by atoms with Crippen molar-refractivity contribution in [1.82, 2.24) is 0 Å². The topological polar surface area (TPSA) is 43.1 Å². The van der Waals surface area contributed by atoms with Crippen molar-refractivity contribution in [2.45, 2.75) is 0 Å². The molecule has 0 aliphatic carbocycles. The molecule has 0 unspecified atom stereocenters. The Morgan fingerprint density at radius 3 is 2.22 bits per heavy atom. The van der Waals surface area contributed by atoms with E-state index < -0.39 is 4.92 Å². The lowest BCUT2D eigenvalue weighted by Crippen LogP contribution is -1.93. The fourth-order valence-electron chi connectivity index (χ4n) is 0.324. The molecule has 0 rings (SSSR count). The quantitative estimate of drug-likeness (QED) is 0.326. The lowest BCUT2D eigenvalue weighted by molar-refractivity contribution is -0.418. The van der Waals surface area contributed by atoms with Crippen molar-refractivity contribution in [3.63, 3.8) is 0 Å². The van der Waals surface area contributed by atoms with Crippen molar-refractivity contribution < 1.29 is 4.92 Å². The maximum Gasteiger partial charge on any atom is 0.268 e. The number of nitrogens with zero attached hydrogens (tertiary/aromatic N) is 1. The molecule has 3 nitrogen and oxygen atoms in total. The van der Waals surface area contributed by atoms with E-state index in [1.54, 1.807) is 0 Å². The van der Waals surface area contributed by atoms with Gasteiger partial charge in [0.2, 0.25) is 0 Å². The van der Waals surface area contributed by atoms with Gasteiger partial charge in [-0.15, -0.1) is 0 Å². The second kappa shape index (κ2) is 3.60. The summed E-state index contributed by atoms with van der Waals surface area (Å²) in [7, 11) is 0. The minimum absolute atomic E-state index is 0.0370. The second-order valence-electron chi connectivity index (χ2n) is 1.29. The molecule has 0 spiro atoms. The van der Waals surface area contributed by atoms with Crippen LogP contribution in [0.1, 0.15) is 0 Å². The molecule has 0 aromatic carbocycles. The summed E-state index contributed by atoms with van der Waals surface area (Å²) >= 11 is 0. The van der Waals surface area contributed by atoms with Gasteiger partial charge in [0.25, 0.3) is 5.70 Å². The van der Waals surface area contributed by atoms with Gasteiger partial charge >= 0.3 is 0 Å². The number of nitro groups is 1. The first-order valence-corrected chi connectivity index (χ1v) is 2.32. The van der Waals surface area contributed by atoms with Crippen LogP contribution in [-0.2, 0) is 0 Å². The van der Waals surface area contributed by atoms with Gasteiger partial charge in [-0.1, -0.05) is 19.2 Å². The van der Waals surface area contributed by atoms with Crippen LogP contribution in [0.4, 0.5) is 0 Å². The summed E-state index contributed by atoms with van der Waals surface area (Å²) in [4.78, 5) is 9.42. The summed E-state index contributed by atoms with van der Waals surface area (Å²) in [6.07, 6.45) is 3.80. The third-order valence-electron chi connectivity index (χ3n) is 0.709. The van der Waals surface area contributed by atoms with Crippen LogP contribution in [0.2, 0.25) is 0 Å². The highest BCUT2D eigenvalue weighted by Gasteiger charge is 1.99. The van der Waals surface area contributed by atoms with Crippen molar-refractivity contribution in [3.8, 4) is 0 Å². The van der Waals surface area contributed by atoms with Crippen LogP contribution in [0.15, 0.2) is 37.1 Å². The monoisotopic (exact) mass is 125 g/mol. The maximum atomic E-state index is 9.94. The van der Waals surface area contributed by atoms with Crippen LogP contribution in [0.5, 0.6) is 0 Å². The maximum absolute atomic E-state index is 9.94. The van der Waals surface area contributed by atoms with Crippen molar-refractivity contribution in [2.75, 3.05) is 0 Å². The van der Waals surface area contributed by atoms with Crippen LogP contribution in [-0.4, -0.2) is 4.92 Å². The molecule has 0 radical (unpaired) electrons. The van der Waals surface area contributed by atoms with Gasteiger partial charge in [-0.05, 0) is 0 Å². The molecule has 0 aromatic heterocycles. The van der Waals surface area contributed by atoms with Gasteiger partial charge in [-0.3, -0.25) is 10.1 Å². The highest BCUT2D eigenvalue weighted by Crippen LogP contribution is 1.94. The second-order valence-corrected chi connectivity index (χ2v) is 1.29. The Hall–Kier alpha value is -1.38. The minimum atomic E-state index is -0.519. The highest BCUT2D eigenvalue weighted by molar-refractivity contribution is 5.13. The Bertz CT molecular complexity index is 170. The third kappa shape index (κ3) is 2.43. The van der Waals surface area contributed by atoms with Crippen LogP contribution in [0.3, 0.4) is 0 Å². The van der Waals surface area contributed by atoms with Gasteiger partial charge in [-0.2, -0.15) is 0 Å². The van der Waals surface area contributed by atoms with Gasteiger partial charge in [0.1, 0.15) is 0 Å². The van der Waals surface area contributed by atoms with E-state index in [1.807, 2.05) is 0 Å². The third-order valence-corrected chi connectivity index (χ3v) is 0.709. The lowest BCUT2D eigenvalue weighted by Gasteiger charge is -1.84. The molecule has 9 heavy (non-hydrogen) atoms. The van der Waals surface area contributed by atoms with Crippen LogP contribution >= 0.6 is 0 Å². The van der Waals surface area contributed by atoms with Gasteiger partial charge in [0.05, 0.1) is 4.92 Å². The molecule has 0 saturated carbocycles. The van der Waals surface area contributed by atoms with Gasteiger partial charge < -0.3 is 0 Å². The van der Waals surface area contributed by atoms with Crippen molar-refractivity contribution in [3.05, 3.63) is 47.2 Å². The molecule has 0 bridgehead atoms. The SMILES string of the molecule is C=C/C=C(\C=C)[N+](=O)[O-]. The Morgan fingerprint density at radius 1 is 1.56 bits per heavy atom. The molecule has 0 amide bonds. The molecule has 0 fully saturated rings. The van der Waals surface area contributed by atoms with E-state index in [2.05, 4.69) is 13.2 Å². The molecular formula is C6H7NO2. The Balaban J connectivity index is 4.32. The average molecular weight is 125 g/mol. The molecule has 0 aliphatic rings. The molecule has 0 aliphatic heterocycles. The largest absolute Gasteiger partial charge is 0.268 e. The number of hydrogen-bond donors (Lipinski definition) is 0. The number of hydrogen-bond acceptors (Lipinski definition) is 2. The van der Waals surface area contributed by atoms with Crippen molar-refractivity contribution in [2.24, 2.45) is 0 Å². The molecule has 0 N–H and O–H groups in total. The molecule has 48 valence electrons. The van der Waals surface area contributed by atoms with Crippen molar-refractivity contribution in [1.29, 1.82) is 0 Å².